The SMILES string of the molecule is O=C(Nc1ccc(OCc2ccccc2)cc1)C1CCN(S(=O)(=O)Cc2cccc(Cl)c2)CC1. The molecule has 1 heterocycles. The number of sulfonamides is 1. The number of halogens is 1. The molecular weight excluding hydrogens is 472 g/mol. The second kappa shape index (κ2) is 11.0. The number of hydrogen-bond donors (Lipinski definition) is 1. The lowest BCUT2D eigenvalue weighted by molar-refractivity contribution is -0.120. The van der Waals surface area contributed by atoms with E-state index in [0.29, 0.717) is 48.8 Å². The molecule has 1 aliphatic heterocycles. The van der Waals surface area contributed by atoms with Gasteiger partial charge in [-0.2, -0.15) is 0 Å². The Morgan fingerprint density at radius 3 is 2.29 bits per heavy atom. The monoisotopic (exact) mass is 498 g/mol. The molecule has 0 atom stereocenters. The van der Waals surface area contributed by atoms with Gasteiger partial charge in [-0.3, -0.25) is 4.79 Å². The molecule has 0 unspecified atom stereocenters. The van der Waals surface area contributed by atoms with Crippen LogP contribution in [0.1, 0.15) is 24.0 Å². The smallest absolute Gasteiger partial charge is 0.227 e. The number of amides is 1. The molecule has 0 aliphatic carbocycles. The Morgan fingerprint density at radius 2 is 1.62 bits per heavy atom. The normalized spacial score (nSPS) is 15.1. The Balaban J connectivity index is 1.25. The number of ether oxygens (including phenoxy) is 1. The molecule has 0 spiro atoms. The zero-order valence-corrected chi connectivity index (χ0v) is 20.3. The third-order valence-electron chi connectivity index (χ3n) is 5.83. The summed E-state index contributed by atoms with van der Waals surface area (Å²) in [5, 5.41) is 3.45. The highest BCUT2D eigenvalue weighted by Crippen LogP contribution is 2.24. The summed E-state index contributed by atoms with van der Waals surface area (Å²) in [6.45, 7) is 1.13. The van der Waals surface area contributed by atoms with E-state index in [9.17, 15) is 13.2 Å². The van der Waals surface area contributed by atoms with E-state index in [0.717, 1.165) is 11.3 Å². The Bertz CT molecular complexity index is 1210. The lowest BCUT2D eigenvalue weighted by Crippen LogP contribution is -2.41. The van der Waals surface area contributed by atoms with Crippen LogP contribution in [0.15, 0.2) is 78.9 Å². The van der Waals surface area contributed by atoms with Gasteiger partial charge in [-0.25, -0.2) is 12.7 Å². The number of carbonyl (C=O) groups is 1. The Kier molecular flexibility index (Phi) is 7.88. The fourth-order valence-electron chi connectivity index (χ4n) is 3.94. The Labute approximate surface area is 205 Å². The maximum atomic E-state index is 12.8. The van der Waals surface area contributed by atoms with Crippen molar-refractivity contribution in [2.75, 3.05) is 18.4 Å². The summed E-state index contributed by atoms with van der Waals surface area (Å²) >= 11 is 5.97. The van der Waals surface area contributed by atoms with Crippen molar-refractivity contribution in [3.05, 3.63) is 95.0 Å². The molecule has 3 aromatic rings. The first-order valence-electron chi connectivity index (χ1n) is 11.2. The van der Waals surface area contributed by atoms with E-state index in [1.54, 1.807) is 24.3 Å². The van der Waals surface area contributed by atoms with Gasteiger partial charge in [0.15, 0.2) is 0 Å². The van der Waals surface area contributed by atoms with Crippen molar-refractivity contribution in [1.29, 1.82) is 0 Å². The first-order valence-corrected chi connectivity index (χ1v) is 13.2. The minimum Gasteiger partial charge on any atom is -0.489 e. The van der Waals surface area contributed by atoms with Crippen molar-refractivity contribution in [3.63, 3.8) is 0 Å². The van der Waals surface area contributed by atoms with E-state index >= 15 is 0 Å². The van der Waals surface area contributed by atoms with Gasteiger partial charge in [-0.15, -0.1) is 0 Å². The van der Waals surface area contributed by atoms with Crippen LogP contribution in [0.3, 0.4) is 0 Å². The highest BCUT2D eigenvalue weighted by atomic mass is 35.5. The van der Waals surface area contributed by atoms with E-state index in [1.165, 1.54) is 4.31 Å². The number of anilines is 1. The van der Waals surface area contributed by atoms with Crippen LogP contribution in [0.4, 0.5) is 5.69 Å². The quantitative estimate of drug-likeness (QED) is 0.469. The minimum absolute atomic E-state index is 0.0927. The van der Waals surface area contributed by atoms with Gasteiger partial charge in [0, 0.05) is 29.7 Å². The zero-order valence-electron chi connectivity index (χ0n) is 18.7. The molecule has 1 amide bonds. The summed E-state index contributed by atoms with van der Waals surface area (Å²) in [6, 6.07) is 24.0. The van der Waals surface area contributed by atoms with Gasteiger partial charge in [0.25, 0.3) is 0 Å². The highest BCUT2D eigenvalue weighted by molar-refractivity contribution is 7.88. The second-order valence-electron chi connectivity index (χ2n) is 8.35. The van der Waals surface area contributed by atoms with Gasteiger partial charge in [0.1, 0.15) is 12.4 Å². The van der Waals surface area contributed by atoms with Crippen LogP contribution >= 0.6 is 11.6 Å². The first-order chi connectivity index (χ1) is 16.4. The van der Waals surface area contributed by atoms with E-state index in [4.69, 9.17) is 16.3 Å². The largest absolute Gasteiger partial charge is 0.489 e. The molecule has 1 saturated heterocycles. The van der Waals surface area contributed by atoms with E-state index in [-0.39, 0.29) is 17.6 Å². The van der Waals surface area contributed by atoms with Crippen molar-refractivity contribution in [1.82, 2.24) is 4.31 Å². The molecule has 0 aromatic heterocycles. The highest BCUT2D eigenvalue weighted by Gasteiger charge is 2.31. The van der Waals surface area contributed by atoms with Crippen molar-refractivity contribution < 1.29 is 17.9 Å². The molecule has 3 aromatic carbocycles. The summed E-state index contributed by atoms with van der Waals surface area (Å²) in [5.41, 5.74) is 2.43. The molecule has 34 heavy (non-hydrogen) atoms. The average Bonchev–Trinajstić information content (AvgIpc) is 2.84. The molecule has 0 saturated carbocycles. The molecule has 1 N–H and O–H groups in total. The lowest BCUT2D eigenvalue weighted by Gasteiger charge is -2.30. The number of nitrogens with zero attached hydrogens (tertiary/aromatic N) is 1. The molecular formula is C26H27ClN2O4S. The maximum Gasteiger partial charge on any atom is 0.227 e. The third kappa shape index (κ3) is 6.59. The molecule has 0 bridgehead atoms. The fraction of sp³-hybridized carbons (Fsp3) is 0.269. The average molecular weight is 499 g/mol. The van der Waals surface area contributed by atoms with Gasteiger partial charge in [-0.1, -0.05) is 54.1 Å². The Morgan fingerprint density at radius 1 is 0.941 bits per heavy atom. The maximum absolute atomic E-state index is 12.8. The molecule has 1 fully saturated rings. The molecule has 0 radical (unpaired) electrons. The van der Waals surface area contributed by atoms with Crippen LogP contribution in [0.2, 0.25) is 5.02 Å². The van der Waals surface area contributed by atoms with Gasteiger partial charge in [0.2, 0.25) is 15.9 Å². The van der Waals surface area contributed by atoms with Crippen molar-refractivity contribution in [3.8, 4) is 5.75 Å². The van der Waals surface area contributed by atoms with Gasteiger partial charge < -0.3 is 10.1 Å². The predicted octanol–water partition coefficient (Wildman–Crippen LogP) is 5.10. The number of nitrogens with one attached hydrogen (secondary N) is 1. The number of carbonyl (C=O) groups excluding carboxylic acids is 1. The van der Waals surface area contributed by atoms with Crippen LogP contribution < -0.4 is 10.1 Å². The molecule has 4 rings (SSSR count). The van der Waals surface area contributed by atoms with Crippen molar-refractivity contribution >= 4 is 33.2 Å². The van der Waals surface area contributed by atoms with Gasteiger partial charge >= 0.3 is 0 Å². The van der Waals surface area contributed by atoms with Crippen LogP contribution in [0, 0.1) is 5.92 Å². The Hall–Kier alpha value is -2.87. The molecule has 1 aliphatic rings. The van der Waals surface area contributed by atoms with Crippen LogP contribution in [-0.2, 0) is 27.2 Å². The van der Waals surface area contributed by atoms with Gasteiger partial charge in [0.05, 0.1) is 5.75 Å². The number of benzene rings is 3. The van der Waals surface area contributed by atoms with Crippen LogP contribution in [-0.4, -0.2) is 31.7 Å². The molecule has 178 valence electrons. The standard InChI is InChI=1S/C26H27ClN2O4S/c27-23-8-4-7-21(17-23)19-34(31,32)29-15-13-22(14-16-29)26(30)28-24-9-11-25(12-10-24)33-18-20-5-2-1-3-6-20/h1-12,17,22H,13-16,18-19H2,(H,28,30). The number of piperidine rings is 1. The molecule has 8 heteroatoms. The van der Waals surface area contributed by atoms with Crippen LogP contribution in [0.25, 0.3) is 0 Å². The summed E-state index contributed by atoms with van der Waals surface area (Å²) < 4.78 is 32.8. The summed E-state index contributed by atoms with van der Waals surface area (Å²) in [6.07, 6.45) is 0.970. The van der Waals surface area contributed by atoms with E-state index in [2.05, 4.69) is 5.32 Å². The number of rotatable bonds is 8. The van der Waals surface area contributed by atoms with Gasteiger partial charge in [-0.05, 0) is 60.4 Å². The lowest BCUT2D eigenvalue weighted by atomic mass is 9.97. The summed E-state index contributed by atoms with van der Waals surface area (Å²) in [5.74, 6) is 0.305. The number of hydrogen-bond acceptors (Lipinski definition) is 4. The van der Waals surface area contributed by atoms with Crippen molar-refractivity contribution in [2.24, 2.45) is 5.92 Å². The topological polar surface area (TPSA) is 75.7 Å². The summed E-state index contributed by atoms with van der Waals surface area (Å²) in [7, 11) is -3.46. The minimum atomic E-state index is -3.46. The zero-order chi connectivity index (χ0) is 24.0. The van der Waals surface area contributed by atoms with Crippen molar-refractivity contribution in [2.45, 2.75) is 25.2 Å². The second-order valence-corrected chi connectivity index (χ2v) is 10.8. The van der Waals surface area contributed by atoms with E-state index in [1.807, 2.05) is 54.6 Å². The fourth-order valence-corrected chi connectivity index (χ4v) is 5.71. The van der Waals surface area contributed by atoms with Crippen LogP contribution in [0.5, 0.6) is 5.75 Å². The summed E-state index contributed by atoms with van der Waals surface area (Å²) in [4.78, 5) is 12.7. The first kappa shape index (κ1) is 24.3. The third-order valence-corrected chi connectivity index (χ3v) is 7.91. The molecule has 6 nitrogen and oxygen atoms in total. The van der Waals surface area contributed by atoms with E-state index < -0.39 is 10.0 Å². The predicted molar refractivity (Wildman–Crippen MR) is 134 cm³/mol.